The molecule has 0 fully saturated rings. The molecule has 0 aliphatic carbocycles. The van der Waals surface area contributed by atoms with Crippen LogP contribution in [0.25, 0.3) is 0 Å². The van der Waals surface area contributed by atoms with Crippen LogP contribution in [-0.2, 0) is 9.84 Å². The van der Waals surface area contributed by atoms with Gasteiger partial charge < -0.3 is 15.4 Å². The Balaban J connectivity index is 2.28. The first-order valence-corrected chi connectivity index (χ1v) is 11.0. The van der Waals surface area contributed by atoms with Crippen LogP contribution in [0.5, 0.6) is 5.75 Å². The zero-order valence-electron chi connectivity index (χ0n) is 15.8. The van der Waals surface area contributed by atoms with E-state index in [1.807, 2.05) is 13.8 Å². The molecule has 1 rings (SSSR count). The van der Waals surface area contributed by atoms with Gasteiger partial charge in [0, 0.05) is 25.4 Å². The summed E-state index contributed by atoms with van der Waals surface area (Å²) < 4.78 is 40.8. The fourth-order valence-electron chi connectivity index (χ4n) is 2.14. The van der Waals surface area contributed by atoms with Crippen LogP contribution in [0, 0.1) is 5.82 Å². The predicted molar refractivity (Wildman–Crippen MR) is 104 cm³/mol. The maximum atomic E-state index is 12.8. The monoisotopic (exact) mass is 387 g/mol. The second-order valence-electron chi connectivity index (χ2n) is 6.23. The number of hydrogen-bond acceptors (Lipinski definition) is 4. The smallest absolute Gasteiger partial charge is 0.191 e. The SMILES string of the molecule is CCNC(=NCCCCOc1ccc(F)cc1)NC(C)CCS(C)(=O)=O. The van der Waals surface area contributed by atoms with Gasteiger partial charge in [-0.3, -0.25) is 4.99 Å². The molecule has 0 saturated carbocycles. The van der Waals surface area contributed by atoms with Gasteiger partial charge in [-0.15, -0.1) is 0 Å². The number of guanidine groups is 1. The van der Waals surface area contributed by atoms with Crippen LogP contribution in [0.4, 0.5) is 4.39 Å². The van der Waals surface area contributed by atoms with E-state index in [1.165, 1.54) is 18.4 Å². The molecule has 26 heavy (non-hydrogen) atoms. The molecule has 0 radical (unpaired) electrons. The molecule has 0 amide bonds. The maximum absolute atomic E-state index is 12.8. The summed E-state index contributed by atoms with van der Waals surface area (Å²) in [6.07, 6.45) is 3.47. The van der Waals surface area contributed by atoms with Crippen molar-refractivity contribution in [2.45, 2.75) is 39.2 Å². The number of benzene rings is 1. The number of unbranched alkanes of at least 4 members (excludes halogenated alkanes) is 1. The summed E-state index contributed by atoms with van der Waals surface area (Å²) >= 11 is 0. The summed E-state index contributed by atoms with van der Waals surface area (Å²) in [6.45, 7) is 5.85. The van der Waals surface area contributed by atoms with Gasteiger partial charge in [0.05, 0.1) is 12.4 Å². The molecule has 1 unspecified atom stereocenters. The lowest BCUT2D eigenvalue weighted by Crippen LogP contribution is -2.42. The molecule has 0 bridgehead atoms. The fraction of sp³-hybridized carbons (Fsp3) is 0.611. The van der Waals surface area contributed by atoms with Gasteiger partial charge in [-0.05, 0) is 57.4 Å². The number of aliphatic imine (C=N–C) groups is 1. The zero-order valence-corrected chi connectivity index (χ0v) is 16.6. The lowest BCUT2D eigenvalue weighted by molar-refractivity contribution is 0.307. The Morgan fingerprint density at radius 3 is 2.58 bits per heavy atom. The minimum Gasteiger partial charge on any atom is -0.494 e. The minimum absolute atomic E-state index is 0.0179. The van der Waals surface area contributed by atoms with E-state index < -0.39 is 9.84 Å². The van der Waals surface area contributed by atoms with Crippen LogP contribution in [0.2, 0.25) is 0 Å². The molecular weight excluding hydrogens is 357 g/mol. The van der Waals surface area contributed by atoms with Crippen molar-refractivity contribution in [1.82, 2.24) is 10.6 Å². The van der Waals surface area contributed by atoms with Gasteiger partial charge in [0.15, 0.2) is 5.96 Å². The number of nitrogens with one attached hydrogen (secondary N) is 2. The van der Waals surface area contributed by atoms with E-state index in [9.17, 15) is 12.8 Å². The average molecular weight is 388 g/mol. The minimum atomic E-state index is -2.95. The first-order chi connectivity index (χ1) is 12.3. The predicted octanol–water partition coefficient (Wildman–Crippen LogP) is 2.36. The van der Waals surface area contributed by atoms with Crippen LogP contribution in [0.3, 0.4) is 0 Å². The van der Waals surface area contributed by atoms with Crippen LogP contribution in [0.1, 0.15) is 33.1 Å². The molecule has 0 aromatic heterocycles. The van der Waals surface area contributed by atoms with Crippen molar-refractivity contribution in [2.24, 2.45) is 4.99 Å². The van der Waals surface area contributed by atoms with Crippen molar-refractivity contribution in [1.29, 1.82) is 0 Å². The van der Waals surface area contributed by atoms with Crippen molar-refractivity contribution in [2.75, 3.05) is 31.7 Å². The topological polar surface area (TPSA) is 79.8 Å². The van der Waals surface area contributed by atoms with Gasteiger partial charge >= 0.3 is 0 Å². The molecule has 148 valence electrons. The number of halogens is 1. The Bertz CT molecular complexity index is 648. The molecule has 1 atom stereocenters. The maximum Gasteiger partial charge on any atom is 0.191 e. The Hall–Kier alpha value is -1.83. The van der Waals surface area contributed by atoms with Crippen molar-refractivity contribution in [3.63, 3.8) is 0 Å². The molecule has 0 heterocycles. The van der Waals surface area contributed by atoms with Gasteiger partial charge in [0.25, 0.3) is 0 Å². The fourth-order valence-corrected chi connectivity index (χ4v) is 2.92. The number of ether oxygens (including phenoxy) is 1. The van der Waals surface area contributed by atoms with E-state index in [0.717, 1.165) is 19.4 Å². The van der Waals surface area contributed by atoms with E-state index in [2.05, 4.69) is 15.6 Å². The summed E-state index contributed by atoms with van der Waals surface area (Å²) in [5.41, 5.74) is 0. The van der Waals surface area contributed by atoms with Crippen LogP contribution in [-0.4, -0.2) is 52.1 Å². The van der Waals surface area contributed by atoms with Crippen LogP contribution < -0.4 is 15.4 Å². The second kappa shape index (κ2) is 11.7. The first-order valence-electron chi connectivity index (χ1n) is 8.91. The molecule has 2 N–H and O–H groups in total. The highest BCUT2D eigenvalue weighted by atomic mass is 32.2. The van der Waals surface area contributed by atoms with E-state index >= 15 is 0 Å². The highest BCUT2D eigenvalue weighted by Crippen LogP contribution is 2.11. The van der Waals surface area contributed by atoms with Gasteiger partial charge in [0.1, 0.15) is 21.4 Å². The highest BCUT2D eigenvalue weighted by molar-refractivity contribution is 7.90. The zero-order chi connectivity index (χ0) is 19.4. The molecule has 0 saturated heterocycles. The lowest BCUT2D eigenvalue weighted by atomic mass is 10.3. The molecule has 6 nitrogen and oxygen atoms in total. The Morgan fingerprint density at radius 2 is 1.96 bits per heavy atom. The van der Waals surface area contributed by atoms with E-state index in [0.29, 0.717) is 31.3 Å². The molecule has 8 heteroatoms. The summed E-state index contributed by atoms with van der Waals surface area (Å²) in [5, 5.41) is 6.38. The molecule has 1 aromatic rings. The number of rotatable bonds is 11. The normalized spacial score (nSPS) is 13.3. The largest absolute Gasteiger partial charge is 0.494 e. The number of nitrogens with zero attached hydrogens (tertiary/aromatic N) is 1. The van der Waals surface area contributed by atoms with E-state index in [-0.39, 0.29) is 17.6 Å². The highest BCUT2D eigenvalue weighted by Gasteiger charge is 2.09. The number of hydrogen-bond donors (Lipinski definition) is 2. The molecule has 1 aromatic carbocycles. The summed E-state index contributed by atoms with van der Waals surface area (Å²) in [7, 11) is -2.95. The standard InChI is InChI=1S/C18H30FN3O3S/c1-4-20-18(22-15(2)11-14-26(3,23)24)21-12-5-6-13-25-17-9-7-16(19)8-10-17/h7-10,15H,4-6,11-14H2,1-3H3,(H2,20,21,22). The Kier molecular flexibility index (Phi) is 10.0. The average Bonchev–Trinajstić information content (AvgIpc) is 2.57. The van der Waals surface area contributed by atoms with Crippen molar-refractivity contribution >= 4 is 15.8 Å². The van der Waals surface area contributed by atoms with Gasteiger partial charge in [-0.1, -0.05) is 0 Å². The third-order valence-corrected chi connectivity index (χ3v) is 4.53. The quantitative estimate of drug-likeness (QED) is 0.346. The van der Waals surface area contributed by atoms with Crippen molar-refractivity contribution < 1.29 is 17.5 Å². The van der Waals surface area contributed by atoms with E-state index in [1.54, 1.807) is 12.1 Å². The van der Waals surface area contributed by atoms with Gasteiger partial charge in [-0.2, -0.15) is 0 Å². The third kappa shape index (κ3) is 10.9. The molecular formula is C18H30FN3O3S. The second-order valence-corrected chi connectivity index (χ2v) is 8.49. The molecule has 0 spiro atoms. The van der Waals surface area contributed by atoms with Gasteiger partial charge in [0.2, 0.25) is 0 Å². The van der Waals surface area contributed by atoms with E-state index in [4.69, 9.17) is 4.74 Å². The molecule has 0 aliphatic heterocycles. The lowest BCUT2D eigenvalue weighted by Gasteiger charge is -2.17. The summed E-state index contributed by atoms with van der Waals surface area (Å²) in [4.78, 5) is 4.49. The van der Waals surface area contributed by atoms with Crippen molar-refractivity contribution in [3.05, 3.63) is 30.1 Å². The summed E-state index contributed by atoms with van der Waals surface area (Å²) in [5.74, 6) is 1.22. The molecule has 0 aliphatic rings. The third-order valence-electron chi connectivity index (χ3n) is 3.55. The summed E-state index contributed by atoms with van der Waals surface area (Å²) in [6, 6.07) is 5.99. The van der Waals surface area contributed by atoms with Crippen LogP contribution >= 0.6 is 0 Å². The first kappa shape index (κ1) is 22.2. The Morgan fingerprint density at radius 1 is 1.27 bits per heavy atom. The van der Waals surface area contributed by atoms with Crippen molar-refractivity contribution in [3.8, 4) is 5.75 Å². The van der Waals surface area contributed by atoms with Gasteiger partial charge in [-0.25, -0.2) is 12.8 Å². The number of sulfone groups is 1. The van der Waals surface area contributed by atoms with Crippen LogP contribution in [0.15, 0.2) is 29.3 Å². The Labute approximate surface area is 156 Å².